The van der Waals surface area contributed by atoms with Gasteiger partial charge in [-0.25, -0.2) is 4.79 Å². The highest BCUT2D eigenvalue weighted by molar-refractivity contribution is 5.91. The summed E-state index contributed by atoms with van der Waals surface area (Å²) in [4.78, 5) is 11.5. The quantitative estimate of drug-likeness (QED) is 0.243. The number of hydrogen-bond acceptors (Lipinski definition) is 3. The van der Waals surface area contributed by atoms with Crippen LogP contribution in [0.1, 0.15) is 113 Å². The van der Waals surface area contributed by atoms with Crippen molar-refractivity contribution in [1.29, 1.82) is 0 Å². The first-order chi connectivity index (χ1) is 16.3. The van der Waals surface area contributed by atoms with Crippen LogP contribution >= 0.6 is 0 Å². The SMILES string of the molecule is CCCCCCCCCCCCOc1ccc(C(C)(c2ccc(O)c(C(=O)O)c2)C(C)C)cc1. The van der Waals surface area contributed by atoms with Crippen LogP contribution in [0, 0.1) is 5.92 Å². The van der Waals surface area contributed by atoms with Crippen molar-refractivity contribution in [1.82, 2.24) is 0 Å². The molecule has 34 heavy (non-hydrogen) atoms. The third kappa shape index (κ3) is 7.78. The molecule has 1 atom stereocenters. The van der Waals surface area contributed by atoms with E-state index in [-0.39, 0.29) is 17.2 Å². The van der Waals surface area contributed by atoms with E-state index >= 15 is 0 Å². The van der Waals surface area contributed by atoms with Crippen molar-refractivity contribution in [3.63, 3.8) is 0 Å². The molecular weight excluding hydrogens is 424 g/mol. The number of carboxylic acid groups (broad SMARTS) is 1. The normalized spacial score (nSPS) is 13.1. The van der Waals surface area contributed by atoms with Gasteiger partial charge in [0.1, 0.15) is 17.1 Å². The molecule has 0 radical (unpaired) electrons. The first-order valence-electron chi connectivity index (χ1n) is 13.1. The molecule has 0 aliphatic rings. The third-order valence-corrected chi connectivity index (χ3v) is 7.20. The maximum atomic E-state index is 11.5. The number of rotatable bonds is 16. The van der Waals surface area contributed by atoms with E-state index in [1.807, 2.05) is 18.2 Å². The Morgan fingerprint density at radius 1 is 0.853 bits per heavy atom. The molecule has 4 heteroatoms. The van der Waals surface area contributed by atoms with Crippen molar-refractivity contribution in [2.45, 2.75) is 97.3 Å². The van der Waals surface area contributed by atoms with Crippen molar-refractivity contribution in [3.05, 3.63) is 59.2 Å². The largest absolute Gasteiger partial charge is 0.507 e. The minimum Gasteiger partial charge on any atom is -0.507 e. The lowest BCUT2D eigenvalue weighted by Gasteiger charge is -2.35. The maximum absolute atomic E-state index is 11.5. The van der Waals surface area contributed by atoms with Gasteiger partial charge in [-0.3, -0.25) is 0 Å². The van der Waals surface area contributed by atoms with Gasteiger partial charge in [0, 0.05) is 5.41 Å². The van der Waals surface area contributed by atoms with E-state index in [9.17, 15) is 15.0 Å². The highest BCUT2D eigenvalue weighted by Crippen LogP contribution is 2.40. The lowest BCUT2D eigenvalue weighted by atomic mass is 9.68. The van der Waals surface area contributed by atoms with Crippen molar-refractivity contribution in [2.75, 3.05) is 6.61 Å². The van der Waals surface area contributed by atoms with Gasteiger partial charge in [-0.15, -0.1) is 0 Å². The van der Waals surface area contributed by atoms with E-state index in [1.54, 1.807) is 6.07 Å². The van der Waals surface area contributed by atoms with Crippen molar-refractivity contribution >= 4 is 5.97 Å². The number of carbonyl (C=O) groups is 1. The van der Waals surface area contributed by atoms with Crippen molar-refractivity contribution in [2.24, 2.45) is 5.92 Å². The first kappa shape index (κ1) is 27.8. The predicted octanol–water partition coefficient (Wildman–Crippen LogP) is 8.35. The Bertz CT molecular complexity index is 872. The molecule has 0 fully saturated rings. The zero-order valence-electron chi connectivity index (χ0n) is 21.6. The lowest BCUT2D eigenvalue weighted by Crippen LogP contribution is -2.30. The lowest BCUT2D eigenvalue weighted by molar-refractivity contribution is 0.0693. The van der Waals surface area contributed by atoms with Crippen LogP contribution in [0.4, 0.5) is 0 Å². The molecule has 2 N–H and O–H groups in total. The molecular formula is C30H44O4. The molecule has 0 saturated heterocycles. The number of phenols is 1. The average molecular weight is 469 g/mol. The van der Waals surface area contributed by atoms with Gasteiger partial charge in [0.05, 0.1) is 6.61 Å². The summed E-state index contributed by atoms with van der Waals surface area (Å²) in [5, 5.41) is 19.3. The summed E-state index contributed by atoms with van der Waals surface area (Å²) in [5.41, 5.74) is 1.50. The number of benzene rings is 2. The Morgan fingerprint density at radius 2 is 1.38 bits per heavy atom. The summed E-state index contributed by atoms with van der Waals surface area (Å²) < 4.78 is 5.97. The smallest absolute Gasteiger partial charge is 0.339 e. The standard InChI is InChI=1S/C30H44O4/c1-5-6-7-8-9-10-11-12-13-14-21-34-26-18-15-24(16-19-26)30(4,23(2)3)25-17-20-28(31)27(22-25)29(32)33/h15-20,22-23,31H,5-14,21H2,1-4H3,(H,32,33). The number of carboxylic acids is 1. The fourth-order valence-corrected chi connectivity index (χ4v) is 4.54. The molecule has 4 nitrogen and oxygen atoms in total. The number of aromatic carboxylic acids is 1. The second-order valence-electron chi connectivity index (χ2n) is 9.95. The molecule has 188 valence electrons. The first-order valence-corrected chi connectivity index (χ1v) is 13.1. The number of ether oxygens (including phenoxy) is 1. The predicted molar refractivity (Wildman–Crippen MR) is 140 cm³/mol. The van der Waals surface area contributed by atoms with Crippen LogP contribution < -0.4 is 4.74 Å². The van der Waals surface area contributed by atoms with Gasteiger partial charge in [-0.2, -0.15) is 0 Å². The van der Waals surface area contributed by atoms with Gasteiger partial charge in [0.2, 0.25) is 0 Å². The minimum absolute atomic E-state index is 0.0687. The molecule has 0 aliphatic carbocycles. The molecule has 0 aromatic heterocycles. The number of hydrogen-bond donors (Lipinski definition) is 2. The van der Waals surface area contributed by atoms with E-state index in [0.717, 1.165) is 29.9 Å². The summed E-state index contributed by atoms with van der Waals surface area (Å²) in [6.07, 6.45) is 13.1. The fraction of sp³-hybridized carbons (Fsp3) is 0.567. The van der Waals surface area contributed by atoms with Crippen LogP contribution in [0.15, 0.2) is 42.5 Å². The van der Waals surface area contributed by atoms with Crippen LogP contribution in [0.25, 0.3) is 0 Å². The Morgan fingerprint density at radius 3 is 1.91 bits per heavy atom. The van der Waals surface area contributed by atoms with Crippen molar-refractivity contribution in [3.8, 4) is 11.5 Å². The summed E-state index contributed by atoms with van der Waals surface area (Å²) in [6.45, 7) is 9.37. The average Bonchev–Trinajstić information content (AvgIpc) is 2.82. The van der Waals surface area contributed by atoms with E-state index < -0.39 is 11.4 Å². The molecule has 0 amide bonds. The maximum Gasteiger partial charge on any atom is 0.339 e. The molecule has 0 heterocycles. The summed E-state index contributed by atoms with van der Waals surface area (Å²) in [7, 11) is 0. The zero-order valence-corrected chi connectivity index (χ0v) is 21.6. The van der Waals surface area contributed by atoms with Crippen LogP contribution in [-0.4, -0.2) is 22.8 Å². The molecule has 0 aliphatic heterocycles. The van der Waals surface area contributed by atoms with Gasteiger partial charge in [0.25, 0.3) is 0 Å². The molecule has 2 rings (SSSR count). The topological polar surface area (TPSA) is 66.8 Å². The van der Waals surface area contributed by atoms with E-state index in [4.69, 9.17) is 4.74 Å². The Balaban J connectivity index is 1.87. The zero-order chi connectivity index (χ0) is 25.0. The van der Waals surface area contributed by atoms with Gasteiger partial charge in [-0.05, 0) is 47.7 Å². The van der Waals surface area contributed by atoms with E-state index in [0.29, 0.717) is 0 Å². The minimum atomic E-state index is -1.12. The summed E-state index contributed by atoms with van der Waals surface area (Å²) in [6, 6.07) is 13.0. The highest BCUT2D eigenvalue weighted by Gasteiger charge is 2.33. The molecule has 0 spiro atoms. The monoisotopic (exact) mass is 468 g/mol. The van der Waals surface area contributed by atoms with Crippen molar-refractivity contribution < 1.29 is 19.7 Å². The molecule has 0 saturated carbocycles. The fourth-order valence-electron chi connectivity index (χ4n) is 4.54. The molecule has 2 aromatic rings. The van der Waals surface area contributed by atoms with Gasteiger partial charge in [-0.1, -0.05) is 104 Å². The second-order valence-corrected chi connectivity index (χ2v) is 9.95. The van der Waals surface area contributed by atoms with E-state index in [2.05, 4.69) is 39.8 Å². The van der Waals surface area contributed by atoms with Crippen LogP contribution in [0.2, 0.25) is 0 Å². The summed E-state index contributed by atoms with van der Waals surface area (Å²) >= 11 is 0. The van der Waals surface area contributed by atoms with Gasteiger partial charge < -0.3 is 14.9 Å². The number of aromatic hydroxyl groups is 1. The molecule has 2 aromatic carbocycles. The third-order valence-electron chi connectivity index (χ3n) is 7.20. The number of unbranched alkanes of at least 4 members (excludes halogenated alkanes) is 9. The Kier molecular flexibility index (Phi) is 11.5. The second kappa shape index (κ2) is 14.0. The Hall–Kier alpha value is -2.49. The summed E-state index contributed by atoms with van der Waals surface area (Å²) in [5.74, 6) is -0.251. The highest BCUT2D eigenvalue weighted by atomic mass is 16.5. The molecule has 1 unspecified atom stereocenters. The van der Waals surface area contributed by atoms with Crippen LogP contribution in [0.5, 0.6) is 11.5 Å². The Labute approximate surface area is 206 Å². The van der Waals surface area contributed by atoms with E-state index in [1.165, 1.54) is 63.9 Å². The molecule has 0 bridgehead atoms. The van der Waals surface area contributed by atoms with Gasteiger partial charge in [0.15, 0.2) is 0 Å². The van der Waals surface area contributed by atoms with Crippen LogP contribution in [0.3, 0.4) is 0 Å². The van der Waals surface area contributed by atoms with Crippen LogP contribution in [-0.2, 0) is 5.41 Å². The van der Waals surface area contributed by atoms with Gasteiger partial charge >= 0.3 is 5.97 Å².